The zero-order valence-electron chi connectivity index (χ0n) is 10.2. The fourth-order valence-electron chi connectivity index (χ4n) is 2.83. The van der Waals surface area contributed by atoms with Gasteiger partial charge in [-0.25, -0.2) is 0 Å². The monoisotopic (exact) mass is 253 g/mol. The Bertz CT molecular complexity index is 430. The molecule has 6 heteroatoms. The van der Waals surface area contributed by atoms with Crippen LogP contribution in [-0.4, -0.2) is 30.2 Å². The standard InChI is InChI=1S/C12H15NO5/c1-2-18-11(17)12(5-3-4-8(12)14)7-6-9(15)13-10(7)16/h7H,2-6H2,1H3,(H,13,15,16)/t7-,12?/m1/s1. The second-order valence-corrected chi connectivity index (χ2v) is 4.64. The first-order chi connectivity index (χ1) is 8.52. The number of ether oxygens (including phenoxy) is 1. The highest BCUT2D eigenvalue weighted by Crippen LogP contribution is 2.45. The normalized spacial score (nSPS) is 31.6. The predicted octanol–water partition coefficient (Wildman–Crippen LogP) is -0.0484. The summed E-state index contributed by atoms with van der Waals surface area (Å²) in [6, 6.07) is 0. The van der Waals surface area contributed by atoms with Gasteiger partial charge in [-0.1, -0.05) is 0 Å². The SMILES string of the molecule is CCOC(=O)C1([C@@H]2CC(=O)NC2=O)CCCC1=O. The number of esters is 1. The predicted molar refractivity (Wildman–Crippen MR) is 59.2 cm³/mol. The van der Waals surface area contributed by atoms with E-state index in [0.717, 1.165) is 0 Å². The van der Waals surface area contributed by atoms with Gasteiger partial charge in [-0.3, -0.25) is 24.5 Å². The van der Waals surface area contributed by atoms with E-state index >= 15 is 0 Å². The van der Waals surface area contributed by atoms with Crippen LogP contribution in [0.4, 0.5) is 0 Å². The Morgan fingerprint density at radius 3 is 2.61 bits per heavy atom. The van der Waals surface area contributed by atoms with Gasteiger partial charge in [-0.05, 0) is 19.8 Å². The summed E-state index contributed by atoms with van der Waals surface area (Å²) in [6.45, 7) is 1.79. The molecule has 2 fully saturated rings. The number of carbonyl (C=O) groups excluding carboxylic acids is 4. The highest BCUT2D eigenvalue weighted by atomic mass is 16.5. The molecule has 2 rings (SSSR count). The molecule has 6 nitrogen and oxygen atoms in total. The van der Waals surface area contributed by atoms with Crippen LogP contribution in [0.1, 0.15) is 32.6 Å². The van der Waals surface area contributed by atoms with Crippen LogP contribution in [0.5, 0.6) is 0 Å². The molecule has 0 radical (unpaired) electrons. The smallest absolute Gasteiger partial charge is 0.320 e. The lowest BCUT2D eigenvalue weighted by atomic mass is 9.72. The van der Waals surface area contributed by atoms with Crippen LogP contribution < -0.4 is 5.32 Å². The highest BCUT2D eigenvalue weighted by molar-refractivity contribution is 6.14. The maximum atomic E-state index is 12.1. The van der Waals surface area contributed by atoms with Gasteiger partial charge in [0.1, 0.15) is 5.41 Å². The molecule has 1 saturated carbocycles. The topological polar surface area (TPSA) is 89.5 Å². The first kappa shape index (κ1) is 12.7. The van der Waals surface area contributed by atoms with Crippen molar-refractivity contribution in [3.05, 3.63) is 0 Å². The average molecular weight is 253 g/mol. The zero-order valence-corrected chi connectivity index (χ0v) is 10.2. The first-order valence-electron chi connectivity index (χ1n) is 6.06. The average Bonchev–Trinajstić information content (AvgIpc) is 2.83. The third-order valence-corrected chi connectivity index (χ3v) is 3.68. The molecule has 2 aliphatic rings. The van der Waals surface area contributed by atoms with Gasteiger partial charge in [0.05, 0.1) is 12.5 Å². The molecule has 0 aromatic carbocycles. The largest absolute Gasteiger partial charge is 0.465 e. The van der Waals surface area contributed by atoms with E-state index in [1.54, 1.807) is 6.92 Å². The summed E-state index contributed by atoms with van der Waals surface area (Å²) in [5.41, 5.74) is -1.44. The van der Waals surface area contributed by atoms with Gasteiger partial charge in [-0.15, -0.1) is 0 Å². The van der Waals surface area contributed by atoms with Gasteiger partial charge < -0.3 is 4.74 Å². The number of hydrogen-bond donors (Lipinski definition) is 1. The molecule has 0 spiro atoms. The molecule has 1 N–H and O–H groups in total. The summed E-state index contributed by atoms with van der Waals surface area (Å²) in [5.74, 6) is -2.83. The van der Waals surface area contributed by atoms with Crippen LogP contribution in [0.15, 0.2) is 0 Å². The fourth-order valence-corrected chi connectivity index (χ4v) is 2.83. The van der Waals surface area contributed by atoms with Crippen molar-refractivity contribution in [1.29, 1.82) is 0 Å². The summed E-state index contributed by atoms with van der Waals surface area (Å²) >= 11 is 0. The van der Waals surface area contributed by atoms with Crippen molar-refractivity contribution in [3.63, 3.8) is 0 Å². The van der Waals surface area contributed by atoms with Gasteiger partial charge in [0.15, 0.2) is 5.78 Å². The maximum Gasteiger partial charge on any atom is 0.320 e. The van der Waals surface area contributed by atoms with Crippen molar-refractivity contribution in [1.82, 2.24) is 5.32 Å². The van der Waals surface area contributed by atoms with E-state index in [1.165, 1.54) is 0 Å². The van der Waals surface area contributed by atoms with Gasteiger partial charge in [-0.2, -0.15) is 0 Å². The Morgan fingerprint density at radius 2 is 2.17 bits per heavy atom. The van der Waals surface area contributed by atoms with Crippen molar-refractivity contribution >= 4 is 23.6 Å². The van der Waals surface area contributed by atoms with Crippen LogP contribution in [0.25, 0.3) is 0 Å². The quantitative estimate of drug-likeness (QED) is 0.433. The number of rotatable bonds is 3. The Labute approximate surface area is 104 Å². The molecule has 0 aromatic rings. The Morgan fingerprint density at radius 1 is 1.44 bits per heavy atom. The second-order valence-electron chi connectivity index (χ2n) is 4.64. The van der Waals surface area contributed by atoms with E-state index in [1.807, 2.05) is 0 Å². The third kappa shape index (κ3) is 1.72. The fraction of sp³-hybridized carbons (Fsp3) is 0.667. The Balaban J connectivity index is 2.37. The van der Waals surface area contributed by atoms with Crippen molar-refractivity contribution < 1.29 is 23.9 Å². The minimum absolute atomic E-state index is 0.108. The molecule has 1 heterocycles. The number of hydrogen-bond acceptors (Lipinski definition) is 5. The molecule has 1 unspecified atom stereocenters. The number of imide groups is 1. The molecular weight excluding hydrogens is 238 g/mol. The lowest BCUT2D eigenvalue weighted by Crippen LogP contribution is -2.46. The van der Waals surface area contributed by atoms with E-state index < -0.39 is 29.1 Å². The van der Waals surface area contributed by atoms with E-state index in [2.05, 4.69) is 5.32 Å². The van der Waals surface area contributed by atoms with Gasteiger partial charge in [0, 0.05) is 12.8 Å². The van der Waals surface area contributed by atoms with Crippen molar-refractivity contribution in [3.8, 4) is 0 Å². The molecule has 1 aliphatic carbocycles. The van der Waals surface area contributed by atoms with E-state index in [-0.39, 0.29) is 31.7 Å². The molecule has 2 atom stereocenters. The summed E-state index contributed by atoms with van der Waals surface area (Å²) in [5, 5.41) is 2.15. The summed E-state index contributed by atoms with van der Waals surface area (Å²) in [4.78, 5) is 47.1. The van der Waals surface area contributed by atoms with Crippen LogP contribution in [0, 0.1) is 11.3 Å². The summed E-state index contributed by atoms with van der Waals surface area (Å²) in [7, 11) is 0. The number of amides is 2. The van der Waals surface area contributed by atoms with Crippen LogP contribution in [-0.2, 0) is 23.9 Å². The van der Waals surface area contributed by atoms with E-state index in [9.17, 15) is 19.2 Å². The number of nitrogens with one attached hydrogen (secondary N) is 1. The van der Waals surface area contributed by atoms with Crippen molar-refractivity contribution in [2.24, 2.45) is 11.3 Å². The first-order valence-corrected chi connectivity index (χ1v) is 6.06. The summed E-state index contributed by atoms with van der Waals surface area (Å²) < 4.78 is 4.94. The third-order valence-electron chi connectivity index (χ3n) is 3.68. The number of ketones is 1. The van der Waals surface area contributed by atoms with Crippen LogP contribution >= 0.6 is 0 Å². The lowest BCUT2D eigenvalue weighted by Gasteiger charge is -2.28. The molecule has 98 valence electrons. The maximum absolute atomic E-state index is 12.1. The molecule has 2 amide bonds. The lowest BCUT2D eigenvalue weighted by molar-refractivity contribution is -0.164. The molecule has 18 heavy (non-hydrogen) atoms. The van der Waals surface area contributed by atoms with Gasteiger partial charge in [0.25, 0.3) is 0 Å². The Kier molecular flexibility index (Phi) is 3.19. The Hall–Kier alpha value is -1.72. The van der Waals surface area contributed by atoms with Crippen LogP contribution in [0.3, 0.4) is 0 Å². The van der Waals surface area contributed by atoms with Gasteiger partial charge >= 0.3 is 5.97 Å². The van der Waals surface area contributed by atoms with E-state index in [4.69, 9.17) is 4.74 Å². The number of Topliss-reactive ketones (excluding diaryl/α,β-unsaturated/α-hetero) is 1. The second kappa shape index (κ2) is 4.51. The molecule has 0 bridgehead atoms. The van der Waals surface area contributed by atoms with Crippen molar-refractivity contribution in [2.75, 3.05) is 6.61 Å². The van der Waals surface area contributed by atoms with E-state index in [0.29, 0.717) is 6.42 Å². The molecule has 1 saturated heterocycles. The molecule has 1 aliphatic heterocycles. The number of carbonyl (C=O) groups is 4. The van der Waals surface area contributed by atoms with Gasteiger partial charge in [0.2, 0.25) is 11.8 Å². The summed E-state index contributed by atoms with van der Waals surface area (Å²) in [6.07, 6.45) is 0.992. The molecule has 0 aromatic heterocycles. The molecular formula is C12H15NO5. The van der Waals surface area contributed by atoms with Crippen LogP contribution in [0.2, 0.25) is 0 Å². The van der Waals surface area contributed by atoms with Crippen molar-refractivity contribution in [2.45, 2.75) is 32.6 Å². The minimum Gasteiger partial charge on any atom is -0.465 e. The highest BCUT2D eigenvalue weighted by Gasteiger charge is 2.60. The minimum atomic E-state index is -1.44. The zero-order chi connectivity index (χ0) is 13.3.